The molecule has 1 spiro atoms. The molecule has 0 aromatic heterocycles. The molecule has 448 valence electrons. The van der Waals surface area contributed by atoms with Gasteiger partial charge in [0, 0.05) is 0 Å². The van der Waals surface area contributed by atoms with Crippen LogP contribution in [-0.4, -0.2) is 285 Å². The van der Waals surface area contributed by atoms with Gasteiger partial charge in [-0.25, -0.2) is 0 Å². The van der Waals surface area contributed by atoms with E-state index in [1.165, 1.54) is 0 Å². The minimum absolute atomic E-state index is 0.0587. The molecule has 9 fully saturated rings. The molecule has 2 bridgehead atoms. The van der Waals surface area contributed by atoms with Crippen LogP contribution in [0.4, 0.5) is 0 Å². The molecule has 31 unspecified atom stereocenters. The van der Waals surface area contributed by atoms with E-state index < -0.39 is 214 Å². The number of ether oxygens (including phenoxy) is 10. The van der Waals surface area contributed by atoms with Crippen molar-refractivity contribution >= 4 is 5.97 Å². The Bertz CT molecular complexity index is 2070. The highest BCUT2D eigenvalue weighted by molar-refractivity contribution is 5.77. The first-order valence-electron chi connectivity index (χ1n) is 26.9. The minimum Gasteiger partial charge on any atom is -0.432 e. The number of esters is 1. The standard InChI is InChI=1S/C50H80O28/c1-18-11-49-9-5-24-47(2,7-4-8-48(24,3)46(68)77-44-37(67)38(29(59)22(15-54)72-44)74-41-34(64)31(61)26(56)19(12-51)69-41)25(49)6-10-50(18,17-49)78-45-40(76-43-36(66)33(63)28(58)21(14-53)71-43)39(30(60)23(16-55)73-45)75-42-35(65)32(62)27(57)20(13-52)70-42/h19-45,51-67H,1,4-17H2,2-3H3. The van der Waals surface area contributed by atoms with Gasteiger partial charge in [0.15, 0.2) is 25.2 Å². The smallest absolute Gasteiger partial charge is 0.314 e. The van der Waals surface area contributed by atoms with E-state index >= 15 is 0 Å². The molecule has 28 heteroatoms. The molecular weight excluding hydrogens is 1050 g/mol. The average Bonchev–Trinajstić information content (AvgIpc) is 3.79. The lowest BCUT2D eigenvalue weighted by molar-refractivity contribution is -0.400. The van der Waals surface area contributed by atoms with Gasteiger partial charge in [-0.3, -0.25) is 4.79 Å². The second kappa shape index (κ2) is 23.3. The van der Waals surface area contributed by atoms with E-state index in [9.17, 15) is 91.6 Å². The summed E-state index contributed by atoms with van der Waals surface area (Å²) in [6.07, 6.45) is -39.7. The molecule has 4 saturated carbocycles. The fraction of sp³-hybridized carbons (Fsp3) is 0.940. The summed E-state index contributed by atoms with van der Waals surface area (Å²) in [5, 5.41) is 181. The van der Waals surface area contributed by atoms with Gasteiger partial charge in [0.1, 0.15) is 122 Å². The molecular formula is C50H80O28. The third kappa shape index (κ3) is 10.3. The van der Waals surface area contributed by atoms with Gasteiger partial charge < -0.3 is 134 Å². The number of hydrogen-bond donors (Lipinski definition) is 17. The van der Waals surface area contributed by atoms with Crippen LogP contribution in [0.25, 0.3) is 0 Å². The number of carbonyl (C=O) groups is 1. The summed E-state index contributed by atoms with van der Waals surface area (Å²) in [6, 6.07) is 0. The summed E-state index contributed by atoms with van der Waals surface area (Å²) in [5.74, 6) is -1.10. The molecule has 9 aliphatic rings. The Morgan fingerprint density at radius 1 is 0.487 bits per heavy atom. The number of aliphatic hydroxyl groups is 17. The van der Waals surface area contributed by atoms with Crippen molar-refractivity contribution in [3.8, 4) is 0 Å². The molecule has 17 N–H and O–H groups in total. The summed E-state index contributed by atoms with van der Waals surface area (Å²) in [7, 11) is 0. The normalized spacial score (nSPS) is 54.5. The Morgan fingerprint density at radius 3 is 1.41 bits per heavy atom. The molecule has 28 nitrogen and oxygen atoms in total. The van der Waals surface area contributed by atoms with Crippen LogP contribution in [0.1, 0.15) is 71.6 Å². The Balaban J connectivity index is 0.951. The van der Waals surface area contributed by atoms with Crippen molar-refractivity contribution in [3.63, 3.8) is 0 Å². The van der Waals surface area contributed by atoms with Crippen molar-refractivity contribution in [2.75, 3.05) is 33.0 Å². The van der Waals surface area contributed by atoms with Gasteiger partial charge in [0.25, 0.3) is 0 Å². The quantitative estimate of drug-likeness (QED) is 0.0411. The average molecular weight is 1130 g/mol. The highest BCUT2D eigenvalue weighted by Gasteiger charge is 2.70. The second-order valence-corrected chi connectivity index (χ2v) is 23.6. The zero-order valence-corrected chi connectivity index (χ0v) is 43.3. The van der Waals surface area contributed by atoms with Gasteiger partial charge in [-0.05, 0) is 86.5 Å². The molecule has 9 rings (SSSR count). The van der Waals surface area contributed by atoms with E-state index in [2.05, 4.69) is 13.5 Å². The Hall–Kier alpha value is -1.83. The van der Waals surface area contributed by atoms with Gasteiger partial charge in [0.2, 0.25) is 6.29 Å². The van der Waals surface area contributed by atoms with Gasteiger partial charge in [-0.1, -0.05) is 19.9 Å². The van der Waals surface area contributed by atoms with E-state index in [4.69, 9.17) is 47.4 Å². The van der Waals surface area contributed by atoms with Crippen LogP contribution in [0.5, 0.6) is 0 Å². The van der Waals surface area contributed by atoms with Crippen LogP contribution < -0.4 is 0 Å². The summed E-state index contributed by atoms with van der Waals surface area (Å²) in [4.78, 5) is 14.8. The van der Waals surface area contributed by atoms with Gasteiger partial charge in [-0.2, -0.15) is 0 Å². The maximum Gasteiger partial charge on any atom is 0.314 e. The van der Waals surface area contributed by atoms with Crippen LogP contribution in [-0.2, 0) is 52.2 Å². The molecule has 0 radical (unpaired) electrons. The lowest BCUT2D eigenvalue weighted by atomic mass is 9.41. The Labute approximate surface area is 448 Å². The topological polar surface area (TPSA) is 453 Å². The first-order valence-corrected chi connectivity index (χ1v) is 26.9. The molecule has 5 aliphatic heterocycles. The zero-order chi connectivity index (χ0) is 56.7. The predicted octanol–water partition coefficient (Wildman–Crippen LogP) is -7.29. The first-order chi connectivity index (χ1) is 36.9. The van der Waals surface area contributed by atoms with Crippen molar-refractivity contribution in [1.29, 1.82) is 0 Å². The predicted molar refractivity (Wildman–Crippen MR) is 252 cm³/mol. The van der Waals surface area contributed by atoms with E-state index in [1.54, 1.807) is 6.92 Å². The van der Waals surface area contributed by atoms with Crippen LogP contribution in [0.15, 0.2) is 12.2 Å². The summed E-state index contributed by atoms with van der Waals surface area (Å²) < 4.78 is 59.9. The SMILES string of the molecule is C=C1CC23CCC4C(C)(C(=O)OC5OC(CO)C(O)C(OC6OC(CO)C(O)C(O)C6O)C5O)CCCC4(C)C2CCC1(OC1OC(CO)C(O)C(OC2OC(CO)C(O)C(O)C2O)C1OC1OC(CO)C(O)C(O)C1O)C3. The van der Waals surface area contributed by atoms with E-state index in [0.717, 1.165) is 0 Å². The number of carbonyl (C=O) groups excluding carboxylic acids is 1. The maximum atomic E-state index is 14.8. The van der Waals surface area contributed by atoms with Gasteiger partial charge in [-0.15, -0.1) is 0 Å². The first kappa shape index (κ1) is 60.8. The summed E-state index contributed by atoms with van der Waals surface area (Å²) >= 11 is 0. The van der Waals surface area contributed by atoms with Crippen molar-refractivity contribution < 1.29 is 139 Å². The highest BCUT2D eigenvalue weighted by atomic mass is 16.8. The third-order valence-electron chi connectivity index (χ3n) is 19.2. The maximum absolute atomic E-state index is 14.8. The molecule has 31 atom stereocenters. The number of hydrogen-bond acceptors (Lipinski definition) is 28. The van der Waals surface area contributed by atoms with E-state index in [-0.39, 0.29) is 11.8 Å². The van der Waals surface area contributed by atoms with Crippen LogP contribution in [0.2, 0.25) is 0 Å². The summed E-state index contributed by atoms with van der Waals surface area (Å²) in [5.41, 5.74) is -2.75. The summed E-state index contributed by atoms with van der Waals surface area (Å²) in [6.45, 7) is 4.32. The van der Waals surface area contributed by atoms with Crippen molar-refractivity contribution in [2.24, 2.45) is 28.1 Å². The number of fused-ring (bicyclic) bond motifs is 3. The lowest BCUT2D eigenvalue weighted by Crippen LogP contribution is -2.68. The van der Waals surface area contributed by atoms with Gasteiger partial charge in [0.05, 0.1) is 44.1 Å². The molecule has 0 amide bonds. The van der Waals surface area contributed by atoms with Crippen molar-refractivity contribution in [2.45, 2.75) is 231 Å². The van der Waals surface area contributed by atoms with Crippen molar-refractivity contribution in [1.82, 2.24) is 0 Å². The Morgan fingerprint density at radius 2 is 0.910 bits per heavy atom. The molecule has 0 aromatic rings. The van der Waals surface area contributed by atoms with Crippen LogP contribution in [0.3, 0.4) is 0 Å². The van der Waals surface area contributed by atoms with Gasteiger partial charge >= 0.3 is 5.97 Å². The van der Waals surface area contributed by atoms with Crippen LogP contribution in [0, 0.1) is 28.1 Å². The molecule has 5 heterocycles. The zero-order valence-electron chi connectivity index (χ0n) is 43.3. The highest BCUT2D eigenvalue weighted by Crippen LogP contribution is 2.74. The number of rotatable bonds is 15. The lowest BCUT2D eigenvalue weighted by Gasteiger charge is -2.64. The molecule has 0 aromatic carbocycles. The monoisotopic (exact) mass is 1130 g/mol. The fourth-order valence-corrected chi connectivity index (χ4v) is 15.0. The largest absolute Gasteiger partial charge is 0.432 e. The van der Waals surface area contributed by atoms with E-state index in [1.807, 2.05) is 0 Å². The van der Waals surface area contributed by atoms with E-state index in [0.29, 0.717) is 63.4 Å². The Kier molecular flexibility index (Phi) is 18.2. The second-order valence-electron chi connectivity index (χ2n) is 23.6. The van der Waals surface area contributed by atoms with Crippen LogP contribution >= 0.6 is 0 Å². The third-order valence-corrected chi connectivity index (χ3v) is 19.2. The van der Waals surface area contributed by atoms with Crippen molar-refractivity contribution in [3.05, 3.63) is 12.2 Å². The molecule has 78 heavy (non-hydrogen) atoms. The molecule has 5 saturated heterocycles. The minimum atomic E-state index is -1.99. The molecule has 4 aliphatic carbocycles. The number of aliphatic hydroxyl groups excluding tert-OH is 17. The fourth-order valence-electron chi connectivity index (χ4n) is 15.0.